The fraction of sp³-hybridized carbons (Fsp3) is 0.250. The highest BCUT2D eigenvalue weighted by atomic mass is 35.5. The Hall–Kier alpha value is -1.13. The lowest BCUT2D eigenvalue weighted by Gasteiger charge is -2.28. The van der Waals surface area contributed by atoms with Crippen molar-refractivity contribution in [3.8, 4) is 0 Å². The van der Waals surface area contributed by atoms with Crippen molar-refractivity contribution < 1.29 is 4.39 Å². The van der Waals surface area contributed by atoms with Crippen LogP contribution in [0.25, 0.3) is 0 Å². The summed E-state index contributed by atoms with van der Waals surface area (Å²) in [7, 11) is 1.89. The number of likely N-dealkylation sites (N-methyl/N-ethyl adjacent to an activating group) is 1. The maximum Gasteiger partial charge on any atom is 0.129 e. The Kier molecular flexibility index (Phi) is 5.59. The van der Waals surface area contributed by atoms with Crippen molar-refractivity contribution in [2.75, 3.05) is 13.6 Å². The molecule has 2 N–H and O–H groups in total. The average Bonchev–Trinajstić information content (AvgIpc) is 2.43. The Bertz CT molecular complexity index is 599. The van der Waals surface area contributed by atoms with Crippen LogP contribution >= 0.6 is 23.2 Å². The van der Waals surface area contributed by atoms with Crippen molar-refractivity contribution in [2.24, 2.45) is 5.73 Å². The van der Waals surface area contributed by atoms with Crippen LogP contribution in [0.1, 0.15) is 17.2 Å². The summed E-state index contributed by atoms with van der Waals surface area (Å²) in [6.07, 6.45) is 0. The SMILES string of the molecule is CN(Cc1cccc(Cl)c1)C(CN)c1c(F)cccc1Cl. The molecule has 0 heterocycles. The molecule has 0 bridgehead atoms. The molecule has 0 fully saturated rings. The van der Waals surface area contributed by atoms with E-state index in [1.165, 1.54) is 6.07 Å². The zero-order valence-corrected chi connectivity index (χ0v) is 13.2. The zero-order chi connectivity index (χ0) is 15.4. The number of benzene rings is 2. The monoisotopic (exact) mass is 326 g/mol. The van der Waals surface area contributed by atoms with Crippen molar-refractivity contribution in [3.05, 3.63) is 69.5 Å². The molecule has 0 aliphatic heterocycles. The fourth-order valence-electron chi connectivity index (χ4n) is 2.38. The number of hydrogen-bond donors (Lipinski definition) is 1. The summed E-state index contributed by atoms with van der Waals surface area (Å²) in [5.41, 5.74) is 7.31. The Balaban J connectivity index is 2.25. The minimum absolute atomic E-state index is 0.276. The van der Waals surface area contributed by atoms with Crippen LogP contribution in [0.5, 0.6) is 0 Å². The highest BCUT2D eigenvalue weighted by molar-refractivity contribution is 6.31. The van der Waals surface area contributed by atoms with Gasteiger partial charge in [-0.2, -0.15) is 0 Å². The number of nitrogens with zero attached hydrogens (tertiary/aromatic N) is 1. The van der Waals surface area contributed by atoms with Gasteiger partial charge in [-0.1, -0.05) is 41.4 Å². The van der Waals surface area contributed by atoms with Gasteiger partial charge in [-0.05, 0) is 36.9 Å². The summed E-state index contributed by atoms with van der Waals surface area (Å²) in [5, 5.41) is 1.07. The molecule has 0 aliphatic carbocycles. The molecule has 1 unspecified atom stereocenters. The summed E-state index contributed by atoms with van der Waals surface area (Å²) >= 11 is 12.1. The van der Waals surface area contributed by atoms with Crippen LogP contribution in [0.4, 0.5) is 4.39 Å². The van der Waals surface area contributed by atoms with Crippen LogP contribution in [-0.4, -0.2) is 18.5 Å². The molecule has 2 aromatic rings. The standard InChI is InChI=1S/C16H17Cl2FN2/c1-21(10-11-4-2-5-12(17)8-11)15(9-20)16-13(18)6-3-7-14(16)19/h2-8,15H,9-10,20H2,1H3. The lowest BCUT2D eigenvalue weighted by atomic mass is 10.0. The van der Waals surface area contributed by atoms with E-state index < -0.39 is 0 Å². The summed E-state index contributed by atoms with van der Waals surface area (Å²) in [6, 6.07) is 11.9. The van der Waals surface area contributed by atoms with E-state index in [4.69, 9.17) is 28.9 Å². The molecule has 5 heteroatoms. The maximum atomic E-state index is 14.1. The van der Waals surface area contributed by atoms with Crippen LogP contribution < -0.4 is 5.73 Å². The minimum atomic E-state index is -0.337. The highest BCUT2D eigenvalue weighted by Gasteiger charge is 2.22. The molecule has 1 atom stereocenters. The van der Waals surface area contributed by atoms with Gasteiger partial charge in [0, 0.05) is 28.7 Å². The molecule has 0 radical (unpaired) electrons. The molecule has 0 saturated heterocycles. The first-order valence-corrected chi connectivity index (χ1v) is 7.37. The molecule has 2 aromatic carbocycles. The third-order valence-corrected chi connectivity index (χ3v) is 3.97. The largest absolute Gasteiger partial charge is 0.329 e. The molecule has 0 aromatic heterocycles. The van der Waals surface area contributed by atoms with Gasteiger partial charge in [0.2, 0.25) is 0 Å². The Labute approximate surface area is 134 Å². The lowest BCUT2D eigenvalue weighted by Crippen LogP contribution is -2.31. The van der Waals surface area contributed by atoms with Crippen molar-refractivity contribution in [1.82, 2.24) is 4.90 Å². The number of halogens is 3. The van der Waals surface area contributed by atoms with E-state index in [2.05, 4.69) is 0 Å². The summed E-state index contributed by atoms with van der Waals surface area (Å²) in [4.78, 5) is 1.97. The van der Waals surface area contributed by atoms with Crippen molar-refractivity contribution in [3.63, 3.8) is 0 Å². The molecule has 0 amide bonds. The van der Waals surface area contributed by atoms with E-state index in [0.29, 0.717) is 22.2 Å². The smallest absolute Gasteiger partial charge is 0.129 e. The van der Waals surface area contributed by atoms with E-state index in [1.807, 2.05) is 36.2 Å². The normalized spacial score (nSPS) is 12.7. The second kappa shape index (κ2) is 7.23. The lowest BCUT2D eigenvalue weighted by molar-refractivity contribution is 0.237. The first kappa shape index (κ1) is 16.2. The van der Waals surface area contributed by atoms with Gasteiger partial charge in [0.25, 0.3) is 0 Å². The zero-order valence-electron chi connectivity index (χ0n) is 11.7. The van der Waals surface area contributed by atoms with Crippen LogP contribution in [0.15, 0.2) is 42.5 Å². The average molecular weight is 327 g/mol. The summed E-state index contributed by atoms with van der Waals surface area (Å²) in [6.45, 7) is 0.880. The topological polar surface area (TPSA) is 29.3 Å². The van der Waals surface area contributed by atoms with E-state index >= 15 is 0 Å². The quantitative estimate of drug-likeness (QED) is 0.889. The van der Waals surface area contributed by atoms with Gasteiger partial charge in [-0.25, -0.2) is 4.39 Å². The van der Waals surface area contributed by atoms with Crippen molar-refractivity contribution in [1.29, 1.82) is 0 Å². The Morgan fingerprint density at radius 2 is 1.90 bits per heavy atom. The number of nitrogens with two attached hydrogens (primary N) is 1. The minimum Gasteiger partial charge on any atom is -0.329 e. The first-order valence-electron chi connectivity index (χ1n) is 6.61. The summed E-state index contributed by atoms with van der Waals surface area (Å²) < 4.78 is 14.1. The molecule has 0 aliphatic rings. The molecular weight excluding hydrogens is 310 g/mol. The van der Waals surface area contributed by atoms with Gasteiger partial charge in [0.1, 0.15) is 5.82 Å². The van der Waals surface area contributed by atoms with Crippen molar-refractivity contribution >= 4 is 23.2 Å². The molecule has 2 nitrogen and oxygen atoms in total. The second-order valence-electron chi connectivity index (χ2n) is 4.93. The van der Waals surface area contributed by atoms with Crippen LogP contribution in [-0.2, 0) is 6.54 Å². The van der Waals surface area contributed by atoms with E-state index in [9.17, 15) is 4.39 Å². The molecule has 21 heavy (non-hydrogen) atoms. The molecule has 112 valence electrons. The van der Waals surface area contributed by atoms with Gasteiger partial charge in [-0.3, -0.25) is 4.90 Å². The fourth-order valence-corrected chi connectivity index (χ4v) is 2.88. The predicted octanol–water partition coefficient (Wildman–Crippen LogP) is 4.26. The van der Waals surface area contributed by atoms with Crippen LogP contribution in [0.2, 0.25) is 10.0 Å². The first-order chi connectivity index (χ1) is 10.0. The van der Waals surface area contributed by atoms with E-state index in [-0.39, 0.29) is 18.4 Å². The highest BCUT2D eigenvalue weighted by Crippen LogP contribution is 2.29. The Morgan fingerprint density at radius 3 is 2.52 bits per heavy atom. The van der Waals surface area contributed by atoms with Gasteiger partial charge < -0.3 is 5.73 Å². The van der Waals surface area contributed by atoms with E-state index in [0.717, 1.165) is 5.56 Å². The van der Waals surface area contributed by atoms with Crippen LogP contribution in [0.3, 0.4) is 0 Å². The van der Waals surface area contributed by atoms with E-state index in [1.54, 1.807) is 12.1 Å². The third-order valence-electron chi connectivity index (χ3n) is 3.41. The maximum absolute atomic E-state index is 14.1. The molecular formula is C16H17Cl2FN2. The molecule has 2 rings (SSSR count). The predicted molar refractivity (Wildman–Crippen MR) is 86.1 cm³/mol. The summed E-state index contributed by atoms with van der Waals surface area (Å²) in [5.74, 6) is -0.337. The van der Waals surface area contributed by atoms with Crippen LogP contribution in [0, 0.1) is 5.82 Å². The van der Waals surface area contributed by atoms with Gasteiger partial charge in [-0.15, -0.1) is 0 Å². The van der Waals surface area contributed by atoms with Crippen molar-refractivity contribution in [2.45, 2.75) is 12.6 Å². The number of hydrogen-bond acceptors (Lipinski definition) is 2. The Morgan fingerprint density at radius 1 is 1.19 bits per heavy atom. The number of rotatable bonds is 5. The van der Waals surface area contributed by atoms with Gasteiger partial charge in [0.15, 0.2) is 0 Å². The third kappa shape index (κ3) is 3.95. The second-order valence-corrected chi connectivity index (χ2v) is 5.78. The molecule has 0 saturated carbocycles. The molecule has 0 spiro atoms. The van der Waals surface area contributed by atoms with Gasteiger partial charge >= 0.3 is 0 Å². The van der Waals surface area contributed by atoms with Gasteiger partial charge in [0.05, 0.1) is 6.04 Å².